The van der Waals surface area contributed by atoms with Gasteiger partial charge in [0.1, 0.15) is 0 Å². The number of ether oxygens (including phenoxy) is 1. The number of rotatable bonds is 2. The van der Waals surface area contributed by atoms with Crippen LogP contribution in [0.2, 0.25) is 10.0 Å². The molecule has 72 valence electrons. The van der Waals surface area contributed by atoms with Crippen LogP contribution in [0.5, 0.6) is 5.75 Å². The first-order valence-corrected chi connectivity index (χ1v) is 4.84. The lowest BCUT2D eigenvalue weighted by atomic mass is 10.0. The third kappa shape index (κ3) is 2.29. The average Bonchev–Trinajstić information content (AvgIpc) is 2.03. The van der Waals surface area contributed by atoms with E-state index in [1.54, 1.807) is 7.11 Å². The van der Waals surface area contributed by atoms with Crippen molar-refractivity contribution in [1.82, 2.24) is 0 Å². The van der Waals surface area contributed by atoms with Crippen molar-refractivity contribution in [2.45, 2.75) is 19.8 Å². The van der Waals surface area contributed by atoms with Gasteiger partial charge in [0, 0.05) is 0 Å². The molecule has 0 heterocycles. The van der Waals surface area contributed by atoms with Crippen LogP contribution in [-0.4, -0.2) is 7.11 Å². The molecule has 0 atom stereocenters. The highest BCUT2D eigenvalue weighted by Crippen LogP contribution is 2.35. The predicted octanol–water partition coefficient (Wildman–Crippen LogP) is 4.13. The standard InChI is InChI=1S/C10H12Cl2O/c1-6(2)7-4-8(11)10(13-3)9(12)5-7/h4-6H,1-3H3. The van der Waals surface area contributed by atoms with Crippen LogP contribution in [0.3, 0.4) is 0 Å². The molecule has 0 bridgehead atoms. The summed E-state index contributed by atoms with van der Waals surface area (Å²) >= 11 is 11.9. The Morgan fingerprint density at radius 3 is 1.92 bits per heavy atom. The van der Waals surface area contributed by atoms with Gasteiger partial charge in [-0.05, 0) is 23.6 Å². The maximum absolute atomic E-state index is 5.97. The van der Waals surface area contributed by atoms with Crippen LogP contribution in [0.1, 0.15) is 25.3 Å². The van der Waals surface area contributed by atoms with E-state index >= 15 is 0 Å². The largest absolute Gasteiger partial charge is 0.494 e. The van der Waals surface area contributed by atoms with E-state index in [1.807, 2.05) is 12.1 Å². The van der Waals surface area contributed by atoms with Crippen LogP contribution in [0.25, 0.3) is 0 Å². The molecule has 0 aliphatic carbocycles. The summed E-state index contributed by atoms with van der Waals surface area (Å²) in [7, 11) is 1.56. The van der Waals surface area contributed by atoms with Crippen molar-refractivity contribution in [1.29, 1.82) is 0 Å². The molecule has 0 aromatic heterocycles. The second-order valence-corrected chi connectivity index (χ2v) is 3.99. The fourth-order valence-electron chi connectivity index (χ4n) is 1.11. The minimum Gasteiger partial charge on any atom is -0.494 e. The first-order valence-electron chi connectivity index (χ1n) is 4.09. The van der Waals surface area contributed by atoms with E-state index in [0.29, 0.717) is 21.7 Å². The molecule has 0 amide bonds. The number of methoxy groups -OCH3 is 1. The van der Waals surface area contributed by atoms with Gasteiger partial charge in [0.2, 0.25) is 0 Å². The van der Waals surface area contributed by atoms with Gasteiger partial charge in [0.25, 0.3) is 0 Å². The van der Waals surface area contributed by atoms with Crippen LogP contribution in [0.4, 0.5) is 0 Å². The van der Waals surface area contributed by atoms with Gasteiger partial charge in [-0.25, -0.2) is 0 Å². The molecule has 0 N–H and O–H groups in total. The smallest absolute Gasteiger partial charge is 0.156 e. The molecule has 1 nitrogen and oxygen atoms in total. The van der Waals surface area contributed by atoms with E-state index in [0.717, 1.165) is 5.56 Å². The van der Waals surface area contributed by atoms with Gasteiger partial charge >= 0.3 is 0 Å². The summed E-state index contributed by atoms with van der Waals surface area (Å²) in [6.45, 7) is 4.18. The van der Waals surface area contributed by atoms with E-state index in [2.05, 4.69) is 13.8 Å². The van der Waals surface area contributed by atoms with Gasteiger partial charge in [0.05, 0.1) is 17.2 Å². The summed E-state index contributed by atoms with van der Waals surface area (Å²) in [6, 6.07) is 3.77. The minimum atomic E-state index is 0.418. The molecular formula is C10H12Cl2O. The molecule has 3 heteroatoms. The van der Waals surface area contributed by atoms with Crippen molar-refractivity contribution in [2.75, 3.05) is 7.11 Å². The minimum absolute atomic E-state index is 0.418. The SMILES string of the molecule is COc1c(Cl)cc(C(C)C)cc1Cl. The van der Waals surface area contributed by atoms with E-state index in [1.165, 1.54) is 0 Å². The lowest BCUT2D eigenvalue weighted by Crippen LogP contribution is -1.91. The molecule has 0 fully saturated rings. The molecule has 0 spiro atoms. The molecule has 1 aromatic rings. The summed E-state index contributed by atoms with van der Waals surface area (Å²) in [6.07, 6.45) is 0. The second-order valence-electron chi connectivity index (χ2n) is 3.17. The Labute approximate surface area is 88.6 Å². The molecule has 0 aliphatic heterocycles. The molecule has 13 heavy (non-hydrogen) atoms. The molecular weight excluding hydrogens is 207 g/mol. The number of halogens is 2. The summed E-state index contributed by atoms with van der Waals surface area (Å²) in [4.78, 5) is 0. The molecule has 0 unspecified atom stereocenters. The predicted molar refractivity (Wildman–Crippen MR) is 57.1 cm³/mol. The van der Waals surface area contributed by atoms with Gasteiger partial charge in [0.15, 0.2) is 5.75 Å². The molecule has 0 saturated heterocycles. The van der Waals surface area contributed by atoms with E-state index in [4.69, 9.17) is 27.9 Å². The Hall–Kier alpha value is -0.400. The van der Waals surface area contributed by atoms with E-state index in [9.17, 15) is 0 Å². The Bertz CT molecular complexity index is 285. The summed E-state index contributed by atoms with van der Waals surface area (Å²) in [5.41, 5.74) is 1.12. The maximum atomic E-state index is 5.97. The van der Waals surface area contributed by atoms with Crippen LogP contribution in [0.15, 0.2) is 12.1 Å². The summed E-state index contributed by atoms with van der Waals surface area (Å²) in [5, 5.41) is 1.14. The summed E-state index contributed by atoms with van der Waals surface area (Å²) in [5.74, 6) is 0.966. The number of hydrogen-bond donors (Lipinski definition) is 0. The van der Waals surface area contributed by atoms with Gasteiger partial charge in [-0.1, -0.05) is 37.0 Å². The lowest BCUT2D eigenvalue weighted by Gasteiger charge is -2.10. The number of benzene rings is 1. The Balaban J connectivity index is 3.20. The van der Waals surface area contributed by atoms with Gasteiger partial charge in [-0.15, -0.1) is 0 Å². The maximum Gasteiger partial charge on any atom is 0.156 e. The third-order valence-electron chi connectivity index (χ3n) is 1.89. The quantitative estimate of drug-likeness (QED) is 0.726. The fraction of sp³-hybridized carbons (Fsp3) is 0.400. The normalized spacial score (nSPS) is 10.6. The monoisotopic (exact) mass is 218 g/mol. The first kappa shape index (κ1) is 10.7. The van der Waals surface area contributed by atoms with Gasteiger partial charge < -0.3 is 4.74 Å². The highest BCUT2D eigenvalue weighted by molar-refractivity contribution is 6.37. The van der Waals surface area contributed by atoms with Gasteiger partial charge in [-0.3, -0.25) is 0 Å². The van der Waals surface area contributed by atoms with E-state index in [-0.39, 0.29) is 0 Å². The zero-order valence-electron chi connectivity index (χ0n) is 7.90. The molecule has 0 radical (unpaired) electrons. The van der Waals surface area contributed by atoms with E-state index < -0.39 is 0 Å². The van der Waals surface area contributed by atoms with Crippen LogP contribution in [-0.2, 0) is 0 Å². The topological polar surface area (TPSA) is 9.23 Å². The summed E-state index contributed by atoms with van der Waals surface area (Å²) < 4.78 is 5.05. The molecule has 1 rings (SSSR count). The van der Waals surface area contributed by atoms with Crippen molar-refractivity contribution >= 4 is 23.2 Å². The molecule has 1 aromatic carbocycles. The lowest BCUT2D eigenvalue weighted by molar-refractivity contribution is 0.415. The fourth-order valence-corrected chi connectivity index (χ4v) is 1.77. The zero-order chi connectivity index (χ0) is 10.0. The number of hydrogen-bond acceptors (Lipinski definition) is 1. The first-order chi connectivity index (χ1) is 6.06. The highest BCUT2D eigenvalue weighted by Gasteiger charge is 2.09. The van der Waals surface area contributed by atoms with Crippen LogP contribution < -0.4 is 4.74 Å². The molecule has 0 aliphatic rings. The second kappa shape index (κ2) is 4.21. The zero-order valence-corrected chi connectivity index (χ0v) is 9.41. The van der Waals surface area contributed by atoms with Crippen molar-refractivity contribution in [3.63, 3.8) is 0 Å². The van der Waals surface area contributed by atoms with Crippen molar-refractivity contribution in [2.24, 2.45) is 0 Å². The van der Waals surface area contributed by atoms with Crippen molar-refractivity contribution < 1.29 is 4.74 Å². The average molecular weight is 219 g/mol. The van der Waals surface area contributed by atoms with Crippen molar-refractivity contribution in [3.8, 4) is 5.75 Å². The Kier molecular flexibility index (Phi) is 3.46. The Morgan fingerprint density at radius 2 is 1.62 bits per heavy atom. The molecule has 0 saturated carbocycles. The van der Waals surface area contributed by atoms with Crippen LogP contribution >= 0.6 is 23.2 Å². The highest BCUT2D eigenvalue weighted by atomic mass is 35.5. The third-order valence-corrected chi connectivity index (χ3v) is 2.45. The van der Waals surface area contributed by atoms with Crippen LogP contribution in [0, 0.1) is 0 Å². The Morgan fingerprint density at radius 1 is 1.15 bits per heavy atom. The van der Waals surface area contributed by atoms with Crippen molar-refractivity contribution in [3.05, 3.63) is 27.7 Å². The van der Waals surface area contributed by atoms with Gasteiger partial charge in [-0.2, -0.15) is 0 Å².